The van der Waals surface area contributed by atoms with Gasteiger partial charge in [-0.15, -0.1) is 24.0 Å². The Hall–Kier alpha value is -1.83. The standard InChI is InChI=1S/C19H22FN3O.HI/c1-21-19(23-17-7-8-17)22-12-14-5-9-18(10-6-14)24-13-15-3-2-4-16(20)11-15;/h2-6,9-11,17H,7-8,12-13H2,1H3,(H2,21,22,23);1H. The highest BCUT2D eigenvalue weighted by Gasteiger charge is 2.21. The fraction of sp³-hybridized carbons (Fsp3) is 0.316. The van der Waals surface area contributed by atoms with Crippen LogP contribution >= 0.6 is 24.0 Å². The van der Waals surface area contributed by atoms with Gasteiger partial charge in [0.15, 0.2) is 5.96 Å². The molecule has 0 aromatic heterocycles. The Morgan fingerprint density at radius 2 is 1.92 bits per heavy atom. The summed E-state index contributed by atoms with van der Waals surface area (Å²) in [4.78, 5) is 4.21. The average molecular weight is 455 g/mol. The van der Waals surface area contributed by atoms with Crippen LogP contribution < -0.4 is 15.4 Å². The molecule has 0 amide bonds. The summed E-state index contributed by atoms with van der Waals surface area (Å²) in [6.07, 6.45) is 2.44. The van der Waals surface area contributed by atoms with Crippen molar-refractivity contribution in [2.24, 2.45) is 4.99 Å². The Labute approximate surface area is 164 Å². The number of halogens is 2. The molecule has 3 rings (SSSR count). The minimum absolute atomic E-state index is 0. The van der Waals surface area contributed by atoms with Crippen molar-refractivity contribution in [3.05, 3.63) is 65.5 Å². The lowest BCUT2D eigenvalue weighted by Gasteiger charge is -2.12. The first-order valence-corrected chi connectivity index (χ1v) is 8.16. The van der Waals surface area contributed by atoms with Crippen molar-refractivity contribution in [2.75, 3.05) is 7.05 Å². The molecule has 0 saturated heterocycles. The molecule has 0 bridgehead atoms. The van der Waals surface area contributed by atoms with Crippen LogP contribution in [-0.4, -0.2) is 19.0 Å². The lowest BCUT2D eigenvalue weighted by atomic mass is 10.2. The summed E-state index contributed by atoms with van der Waals surface area (Å²) in [5.74, 6) is 1.36. The summed E-state index contributed by atoms with van der Waals surface area (Å²) in [6.45, 7) is 1.06. The van der Waals surface area contributed by atoms with Gasteiger partial charge in [0.2, 0.25) is 0 Å². The number of ether oxygens (including phenoxy) is 1. The van der Waals surface area contributed by atoms with Crippen molar-refractivity contribution in [1.29, 1.82) is 0 Å². The summed E-state index contributed by atoms with van der Waals surface area (Å²) in [5.41, 5.74) is 1.96. The van der Waals surface area contributed by atoms with E-state index in [-0.39, 0.29) is 29.8 Å². The van der Waals surface area contributed by atoms with Crippen molar-refractivity contribution in [2.45, 2.75) is 32.0 Å². The summed E-state index contributed by atoms with van der Waals surface area (Å²) < 4.78 is 18.8. The number of aliphatic imine (C=N–C) groups is 1. The number of nitrogens with zero attached hydrogens (tertiary/aromatic N) is 1. The quantitative estimate of drug-likeness (QED) is 0.395. The zero-order valence-electron chi connectivity index (χ0n) is 14.2. The number of guanidine groups is 1. The lowest BCUT2D eigenvalue weighted by molar-refractivity contribution is 0.305. The largest absolute Gasteiger partial charge is 0.489 e. The van der Waals surface area contributed by atoms with Crippen LogP contribution in [0.5, 0.6) is 5.75 Å². The molecule has 0 spiro atoms. The molecule has 2 aromatic carbocycles. The molecule has 1 aliphatic carbocycles. The lowest BCUT2D eigenvalue weighted by Crippen LogP contribution is -2.38. The minimum Gasteiger partial charge on any atom is -0.489 e. The summed E-state index contributed by atoms with van der Waals surface area (Å²) in [7, 11) is 1.78. The molecule has 0 heterocycles. The third kappa shape index (κ3) is 6.53. The molecule has 0 radical (unpaired) electrons. The van der Waals surface area contributed by atoms with Crippen molar-refractivity contribution >= 4 is 29.9 Å². The molecular formula is C19H23FIN3O. The van der Waals surface area contributed by atoms with Crippen molar-refractivity contribution in [3.63, 3.8) is 0 Å². The van der Waals surface area contributed by atoms with Gasteiger partial charge in [0.25, 0.3) is 0 Å². The van der Waals surface area contributed by atoms with E-state index in [2.05, 4.69) is 15.6 Å². The summed E-state index contributed by atoms with van der Waals surface area (Å²) >= 11 is 0. The highest BCUT2D eigenvalue weighted by molar-refractivity contribution is 14.0. The van der Waals surface area contributed by atoms with Crippen LogP contribution in [0.4, 0.5) is 4.39 Å². The predicted molar refractivity (Wildman–Crippen MR) is 109 cm³/mol. The van der Waals surface area contributed by atoms with E-state index < -0.39 is 0 Å². The maximum absolute atomic E-state index is 13.1. The molecule has 2 N–H and O–H groups in total. The molecule has 2 aromatic rings. The van der Waals surface area contributed by atoms with E-state index in [1.807, 2.05) is 30.3 Å². The third-order valence-electron chi connectivity index (χ3n) is 3.82. The molecule has 0 aliphatic heterocycles. The molecular weight excluding hydrogens is 432 g/mol. The highest BCUT2D eigenvalue weighted by atomic mass is 127. The van der Waals surface area contributed by atoms with Crippen LogP contribution in [0, 0.1) is 5.82 Å². The van der Waals surface area contributed by atoms with E-state index in [0.29, 0.717) is 19.2 Å². The second kappa shape index (κ2) is 9.60. The number of rotatable bonds is 6. The highest BCUT2D eigenvalue weighted by Crippen LogP contribution is 2.18. The van der Waals surface area contributed by atoms with Gasteiger partial charge in [0.05, 0.1) is 0 Å². The number of hydrogen-bond donors (Lipinski definition) is 2. The summed E-state index contributed by atoms with van der Waals surface area (Å²) in [6, 6.07) is 14.9. The third-order valence-corrected chi connectivity index (χ3v) is 3.82. The van der Waals surface area contributed by atoms with E-state index in [1.165, 1.54) is 25.0 Å². The SMILES string of the molecule is CN=C(NCc1ccc(OCc2cccc(F)c2)cc1)NC1CC1.I. The second-order valence-corrected chi connectivity index (χ2v) is 5.91. The van der Waals surface area contributed by atoms with E-state index in [0.717, 1.165) is 22.8 Å². The molecule has 1 fully saturated rings. The Kier molecular flexibility index (Phi) is 7.49. The van der Waals surface area contributed by atoms with E-state index >= 15 is 0 Å². The zero-order valence-corrected chi connectivity index (χ0v) is 16.5. The van der Waals surface area contributed by atoms with Gasteiger partial charge in [-0.3, -0.25) is 4.99 Å². The van der Waals surface area contributed by atoms with E-state index in [4.69, 9.17) is 4.74 Å². The van der Waals surface area contributed by atoms with Crippen LogP contribution in [0.2, 0.25) is 0 Å². The molecule has 134 valence electrons. The first-order chi connectivity index (χ1) is 11.7. The van der Waals surface area contributed by atoms with Gasteiger partial charge in [-0.1, -0.05) is 24.3 Å². The fourth-order valence-corrected chi connectivity index (χ4v) is 2.30. The maximum Gasteiger partial charge on any atom is 0.191 e. The Morgan fingerprint density at radius 3 is 2.56 bits per heavy atom. The molecule has 0 unspecified atom stereocenters. The minimum atomic E-state index is -0.245. The van der Waals surface area contributed by atoms with Gasteiger partial charge >= 0.3 is 0 Å². The summed E-state index contributed by atoms with van der Waals surface area (Å²) in [5, 5.41) is 6.65. The normalized spacial score (nSPS) is 13.8. The molecule has 25 heavy (non-hydrogen) atoms. The molecule has 1 aliphatic rings. The number of benzene rings is 2. The van der Waals surface area contributed by atoms with Crippen LogP contribution in [0.1, 0.15) is 24.0 Å². The smallest absolute Gasteiger partial charge is 0.191 e. The van der Waals surface area contributed by atoms with Gasteiger partial charge < -0.3 is 15.4 Å². The Morgan fingerprint density at radius 1 is 1.16 bits per heavy atom. The average Bonchev–Trinajstić information content (AvgIpc) is 3.42. The zero-order chi connectivity index (χ0) is 16.8. The van der Waals surface area contributed by atoms with Gasteiger partial charge in [0.1, 0.15) is 18.2 Å². The van der Waals surface area contributed by atoms with Gasteiger partial charge in [-0.05, 0) is 48.2 Å². The van der Waals surface area contributed by atoms with Gasteiger partial charge in [-0.25, -0.2) is 4.39 Å². The van der Waals surface area contributed by atoms with Gasteiger partial charge in [0, 0.05) is 19.6 Å². The van der Waals surface area contributed by atoms with E-state index in [9.17, 15) is 4.39 Å². The predicted octanol–water partition coefficient (Wildman–Crippen LogP) is 3.85. The fourth-order valence-electron chi connectivity index (χ4n) is 2.30. The van der Waals surface area contributed by atoms with Crippen molar-refractivity contribution < 1.29 is 9.13 Å². The van der Waals surface area contributed by atoms with Crippen molar-refractivity contribution in [1.82, 2.24) is 10.6 Å². The topological polar surface area (TPSA) is 45.7 Å². The molecule has 4 nitrogen and oxygen atoms in total. The van der Waals surface area contributed by atoms with Gasteiger partial charge in [-0.2, -0.15) is 0 Å². The van der Waals surface area contributed by atoms with Crippen LogP contribution in [0.15, 0.2) is 53.5 Å². The number of nitrogens with one attached hydrogen (secondary N) is 2. The van der Waals surface area contributed by atoms with E-state index in [1.54, 1.807) is 13.1 Å². The van der Waals surface area contributed by atoms with Crippen LogP contribution in [-0.2, 0) is 13.2 Å². The molecule has 1 saturated carbocycles. The maximum atomic E-state index is 13.1. The second-order valence-electron chi connectivity index (χ2n) is 5.91. The van der Waals surface area contributed by atoms with Crippen LogP contribution in [0.3, 0.4) is 0 Å². The Balaban J connectivity index is 0.00000225. The first-order valence-electron chi connectivity index (χ1n) is 8.16. The Bertz CT molecular complexity index is 702. The first kappa shape index (κ1) is 19.5. The van der Waals surface area contributed by atoms with Crippen molar-refractivity contribution in [3.8, 4) is 5.75 Å². The molecule has 0 atom stereocenters. The monoisotopic (exact) mass is 455 g/mol. The number of hydrogen-bond acceptors (Lipinski definition) is 2. The molecule has 6 heteroatoms. The van der Waals surface area contributed by atoms with Crippen LogP contribution in [0.25, 0.3) is 0 Å².